The van der Waals surface area contributed by atoms with Crippen LogP contribution in [0.5, 0.6) is 0 Å². The van der Waals surface area contributed by atoms with E-state index in [1.807, 2.05) is 24.3 Å². The summed E-state index contributed by atoms with van der Waals surface area (Å²) in [5.74, 6) is 0.0315. The van der Waals surface area contributed by atoms with E-state index in [0.717, 1.165) is 17.5 Å². The minimum atomic E-state index is -0.831. The summed E-state index contributed by atoms with van der Waals surface area (Å²) in [5.41, 5.74) is 1.06. The van der Waals surface area contributed by atoms with Crippen molar-refractivity contribution in [3.05, 3.63) is 35.4 Å². The normalized spacial score (nSPS) is 16.2. The molecule has 86 valence electrons. The highest BCUT2D eigenvalue weighted by Crippen LogP contribution is 2.20. The van der Waals surface area contributed by atoms with E-state index in [4.69, 9.17) is 0 Å². The van der Waals surface area contributed by atoms with E-state index < -0.39 is 5.60 Å². The highest BCUT2D eigenvalue weighted by atomic mass is 16.3. The predicted octanol–water partition coefficient (Wildman–Crippen LogP) is 1.46. The molecule has 1 aliphatic rings. The van der Waals surface area contributed by atoms with Crippen molar-refractivity contribution in [2.24, 2.45) is 0 Å². The third-order valence-electron chi connectivity index (χ3n) is 2.76. The summed E-state index contributed by atoms with van der Waals surface area (Å²) in [4.78, 5) is 13.8. The van der Waals surface area contributed by atoms with Crippen molar-refractivity contribution in [3.8, 4) is 0 Å². The lowest BCUT2D eigenvalue weighted by Crippen LogP contribution is -2.45. The summed E-state index contributed by atoms with van der Waals surface area (Å²) in [5, 5.41) is 9.74. The lowest BCUT2D eigenvalue weighted by atomic mass is 9.98. The Morgan fingerprint density at radius 2 is 2.06 bits per heavy atom. The minimum Gasteiger partial charge on any atom is -0.389 e. The van der Waals surface area contributed by atoms with Crippen LogP contribution in [0.1, 0.15) is 29.8 Å². The van der Waals surface area contributed by atoms with Crippen molar-refractivity contribution in [1.29, 1.82) is 0 Å². The summed E-state index contributed by atoms with van der Waals surface area (Å²) < 4.78 is 0. The van der Waals surface area contributed by atoms with Crippen molar-refractivity contribution in [2.45, 2.75) is 25.9 Å². The summed E-state index contributed by atoms with van der Waals surface area (Å²) in [7, 11) is 0. The molecule has 0 unspecified atom stereocenters. The number of carbonyl (C=O) groups is 1. The number of fused-ring (bicyclic) bond motifs is 1. The number of β-amino-alcohol motifs (C(OH)–C–C–N with tert-alkyl or cyclic N) is 1. The van der Waals surface area contributed by atoms with Crippen LogP contribution in [0.2, 0.25) is 0 Å². The number of aliphatic hydroxyl groups is 1. The van der Waals surface area contributed by atoms with Crippen LogP contribution < -0.4 is 0 Å². The molecule has 16 heavy (non-hydrogen) atoms. The van der Waals surface area contributed by atoms with Gasteiger partial charge in [0.2, 0.25) is 0 Å². The quantitative estimate of drug-likeness (QED) is 0.818. The molecule has 3 nitrogen and oxygen atoms in total. The predicted molar refractivity (Wildman–Crippen MR) is 62.3 cm³/mol. The van der Waals surface area contributed by atoms with E-state index in [2.05, 4.69) is 0 Å². The second kappa shape index (κ2) is 3.91. The Morgan fingerprint density at radius 1 is 1.38 bits per heavy atom. The lowest BCUT2D eigenvalue weighted by Gasteiger charge is -2.32. The molecule has 0 saturated heterocycles. The van der Waals surface area contributed by atoms with Gasteiger partial charge in [-0.25, -0.2) is 0 Å². The first kappa shape index (κ1) is 11.1. The molecule has 1 aliphatic heterocycles. The lowest BCUT2D eigenvalue weighted by molar-refractivity contribution is 0.0288. The first-order valence-corrected chi connectivity index (χ1v) is 5.57. The SMILES string of the molecule is CC(C)(O)CN1CCc2ccccc2C1=O. The molecule has 1 N–H and O–H groups in total. The summed E-state index contributed by atoms with van der Waals surface area (Å²) in [6.45, 7) is 4.53. The van der Waals surface area contributed by atoms with Gasteiger partial charge in [0.15, 0.2) is 0 Å². The van der Waals surface area contributed by atoms with Gasteiger partial charge in [-0.15, -0.1) is 0 Å². The van der Waals surface area contributed by atoms with Crippen LogP contribution in [0.15, 0.2) is 24.3 Å². The number of amides is 1. The highest BCUT2D eigenvalue weighted by Gasteiger charge is 2.27. The fourth-order valence-electron chi connectivity index (χ4n) is 2.09. The monoisotopic (exact) mass is 219 g/mol. The molecule has 0 aliphatic carbocycles. The van der Waals surface area contributed by atoms with Crippen LogP contribution in [0, 0.1) is 0 Å². The van der Waals surface area contributed by atoms with Crippen molar-refractivity contribution in [2.75, 3.05) is 13.1 Å². The average Bonchev–Trinajstić information content (AvgIpc) is 2.21. The fourth-order valence-corrected chi connectivity index (χ4v) is 2.09. The van der Waals surface area contributed by atoms with Crippen molar-refractivity contribution < 1.29 is 9.90 Å². The zero-order valence-corrected chi connectivity index (χ0v) is 9.73. The van der Waals surface area contributed by atoms with Gasteiger partial charge in [0.05, 0.1) is 5.60 Å². The molecule has 1 aromatic rings. The Balaban J connectivity index is 2.22. The molecule has 3 heteroatoms. The highest BCUT2D eigenvalue weighted by molar-refractivity contribution is 5.96. The topological polar surface area (TPSA) is 40.5 Å². The molecule has 2 rings (SSSR count). The maximum absolute atomic E-state index is 12.1. The number of carbonyl (C=O) groups excluding carboxylic acids is 1. The smallest absolute Gasteiger partial charge is 0.254 e. The molecule has 0 saturated carbocycles. The van der Waals surface area contributed by atoms with E-state index in [0.29, 0.717) is 13.1 Å². The van der Waals surface area contributed by atoms with Crippen LogP contribution in [0.25, 0.3) is 0 Å². The number of benzene rings is 1. The Bertz CT molecular complexity index is 407. The zero-order valence-electron chi connectivity index (χ0n) is 9.73. The van der Waals surface area contributed by atoms with Crippen molar-refractivity contribution in [3.63, 3.8) is 0 Å². The molecule has 0 aromatic heterocycles. The van der Waals surface area contributed by atoms with Crippen LogP contribution in [-0.4, -0.2) is 34.6 Å². The average molecular weight is 219 g/mol. The summed E-state index contributed by atoms with van der Waals surface area (Å²) in [6.07, 6.45) is 0.873. The number of hydrogen-bond acceptors (Lipinski definition) is 2. The standard InChI is InChI=1S/C13H17NO2/c1-13(2,16)9-14-8-7-10-5-3-4-6-11(10)12(14)15/h3-6,16H,7-9H2,1-2H3. The van der Waals surface area contributed by atoms with E-state index in [1.165, 1.54) is 0 Å². The van der Waals surface area contributed by atoms with Gasteiger partial charge in [-0.2, -0.15) is 0 Å². The third-order valence-corrected chi connectivity index (χ3v) is 2.76. The molecule has 0 fully saturated rings. The van der Waals surface area contributed by atoms with Crippen LogP contribution in [0.4, 0.5) is 0 Å². The van der Waals surface area contributed by atoms with Gasteiger partial charge in [0.25, 0.3) is 5.91 Å². The molecule has 0 bridgehead atoms. The molecule has 0 radical (unpaired) electrons. The third kappa shape index (κ3) is 2.25. The zero-order chi connectivity index (χ0) is 11.8. The molecule has 1 amide bonds. The maximum atomic E-state index is 12.1. The number of hydrogen-bond donors (Lipinski definition) is 1. The van der Waals surface area contributed by atoms with Crippen LogP contribution in [0.3, 0.4) is 0 Å². The molecular weight excluding hydrogens is 202 g/mol. The Hall–Kier alpha value is -1.35. The molecule has 1 heterocycles. The molecule has 1 aromatic carbocycles. The first-order valence-electron chi connectivity index (χ1n) is 5.57. The molecular formula is C13H17NO2. The van der Waals surface area contributed by atoms with Gasteiger partial charge in [-0.05, 0) is 31.9 Å². The molecule has 0 spiro atoms. The van der Waals surface area contributed by atoms with Gasteiger partial charge >= 0.3 is 0 Å². The van der Waals surface area contributed by atoms with Gasteiger partial charge in [-0.3, -0.25) is 4.79 Å². The number of rotatable bonds is 2. The van der Waals surface area contributed by atoms with Gasteiger partial charge < -0.3 is 10.0 Å². The van der Waals surface area contributed by atoms with E-state index in [1.54, 1.807) is 18.7 Å². The fraction of sp³-hybridized carbons (Fsp3) is 0.462. The summed E-state index contributed by atoms with van der Waals surface area (Å²) in [6, 6.07) is 7.69. The van der Waals surface area contributed by atoms with Crippen molar-refractivity contribution in [1.82, 2.24) is 4.90 Å². The largest absolute Gasteiger partial charge is 0.389 e. The second-order valence-corrected chi connectivity index (χ2v) is 4.95. The van der Waals surface area contributed by atoms with E-state index in [-0.39, 0.29) is 5.91 Å². The second-order valence-electron chi connectivity index (χ2n) is 4.95. The van der Waals surface area contributed by atoms with Crippen LogP contribution in [-0.2, 0) is 6.42 Å². The molecule has 0 atom stereocenters. The first-order chi connectivity index (χ1) is 7.47. The van der Waals surface area contributed by atoms with Crippen molar-refractivity contribution >= 4 is 5.91 Å². The Labute approximate surface area is 95.7 Å². The number of nitrogens with zero attached hydrogens (tertiary/aromatic N) is 1. The van der Waals surface area contributed by atoms with E-state index in [9.17, 15) is 9.90 Å². The van der Waals surface area contributed by atoms with Gasteiger partial charge in [0, 0.05) is 18.7 Å². The summed E-state index contributed by atoms with van der Waals surface area (Å²) >= 11 is 0. The minimum absolute atomic E-state index is 0.0315. The maximum Gasteiger partial charge on any atom is 0.254 e. The van der Waals surface area contributed by atoms with Gasteiger partial charge in [-0.1, -0.05) is 18.2 Å². The Kier molecular flexibility index (Phi) is 2.72. The Morgan fingerprint density at radius 3 is 2.75 bits per heavy atom. The van der Waals surface area contributed by atoms with Gasteiger partial charge in [0.1, 0.15) is 0 Å². The van der Waals surface area contributed by atoms with E-state index >= 15 is 0 Å². The van der Waals surface area contributed by atoms with Crippen LogP contribution >= 0.6 is 0 Å².